The maximum absolute atomic E-state index is 12.1. The first-order valence-electron chi connectivity index (χ1n) is 9.21. The Hall–Kier alpha value is -2.49. The van der Waals surface area contributed by atoms with Crippen LogP contribution in [0.4, 0.5) is 0 Å². The van der Waals surface area contributed by atoms with Gasteiger partial charge in [0, 0.05) is 23.6 Å². The number of fused-ring (bicyclic) bond motifs is 1. The van der Waals surface area contributed by atoms with Gasteiger partial charge in [0.05, 0.1) is 0 Å². The lowest BCUT2D eigenvalue weighted by atomic mass is 10.0. The van der Waals surface area contributed by atoms with Gasteiger partial charge in [-0.1, -0.05) is 31.2 Å². The number of hydrogen-bond acceptors (Lipinski definition) is 3. The number of benzene rings is 2. The minimum atomic E-state index is -0.188. The third kappa shape index (κ3) is 4.18. The second-order valence-corrected chi connectivity index (χ2v) is 7.55. The number of ether oxygens (including phenoxy) is 2. The molecule has 3 rings (SSSR count). The summed E-state index contributed by atoms with van der Waals surface area (Å²) in [5, 5.41) is 2.97. The van der Waals surface area contributed by atoms with Crippen LogP contribution < -0.4 is 14.8 Å². The minimum Gasteiger partial charge on any atom is -0.485 e. The summed E-state index contributed by atoms with van der Waals surface area (Å²) in [6, 6.07) is 13.7. The molecule has 1 aliphatic rings. The maximum atomic E-state index is 12.1. The van der Waals surface area contributed by atoms with Crippen LogP contribution in [0.2, 0.25) is 0 Å². The van der Waals surface area contributed by atoms with E-state index in [1.165, 1.54) is 5.56 Å². The lowest BCUT2D eigenvalue weighted by Gasteiger charge is -2.18. The van der Waals surface area contributed by atoms with Gasteiger partial charge in [-0.05, 0) is 51.0 Å². The van der Waals surface area contributed by atoms with E-state index in [2.05, 4.69) is 32.2 Å². The Morgan fingerprint density at radius 1 is 1.23 bits per heavy atom. The van der Waals surface area contributed by atoms with Crippen molar-refractivity contribution in [3.8, 4) is 11.5 Å². The van der Waals surface area contributed by atoms with E-state index in [0.717, 1.165) is 29.9 Å². The molecule has 0 fully saturated rings. The second-order valence-electron chi connectivity index (χ2n) is 7.55. The van der Waals surface area contributed by atoms with Crippen molar-refractivity contribution in [1.29, 1.82) is 0 Å². The second kappa shape index (κ2) is 7.40. The summed E-state index contributed by atoms with van der Waals surface area (Å²) in [5.74, 6) is 1.58. The topological polar surface area (TPSA) is 47.6 Å². The van der Waals surface area contributed by atoms with Crippen LogP contribution in [0.3, 0.4) is 0 Å². The largest absolute Gasteiger partial charge is 0.485 e. The number of hydrogen-bond donors (Lipinski definition) is 1. The highest BCUT2D eigenvalue weighted by Crippen LogP contribution is 2.41. The molecule has 0 unspecified atom stereocenters. The van der Waals surface area contributed by atoms with Crippen LogP contribution in [0.1, 0.15) is 55.6 Å². The molecule has 1 aliphatic heterocycles. The Labute approximate surface area is 155 Å². The van der Waals surface area contributed by atoms with E-state index in [1.807, 2.05) is 43.3 Å². The Kier molecular flexibility index (Phi) is 5.21. The first-order valence-corrected chi connectivity index (χ1v) is 9.21. The van der Waals surface area contributed by atoms with Crippen LogP contribution in [-0.4, -0.2) is 17.6 Å². The van der Waals surface area contributed by atoms with E-state index >= 15 is 0 Å². The molecule has 1 heterocycles. The van der Waals surface area contributed by atoms with Crippen molar-refractivity contribution in [2.24, 2.45) is 0 Å². The molecule has 0 radical (unpaired) electrons. The lowest BCUT2D eigenvalue weighted by molar-refractivity contribution is 0.0939. The van der Waals surface area contributed by atoms with Gasteiger partial charge >= 0.3 is 0 Å². The highest BCUT2D eigenvalue weighted by Gasteiger charge is 2.32. The summed E-state index contributed by atoms with van der Waals surface area (Å²) in [5.41, 5.74) is 2.68. The van der Waals surface area contributed by atoms with Crippen molar-refractivity contribution in [1.82, 2.24) is 5.32 Å². The quantitative estimate of drug-likeness (QED) is 0.831. The Bertz CT molecular complexity index is 780. The van der Waals surface area contributed by atoms with Gasteiger partial charge < -0.3 is 14.8 Å². The Balaban J connectivity index is 1.63. The summed E-state index contributed by atoms with van der Waals surface area (Å²) >= 11 is 0. The number of carbonyl (C=O) groups is 1. The van der Waals surface area contributed by atoms with Gasteiger partial charge in [0.15, 0.2) is 11.5 Å². The van der Waals surface area contributed by atoms with Gasteiger partial charge in [0.1, 0.15) is 12.2 Å². The predicted molar refractivity (Wildman–Crippen MR) is 103 cm³/mol. The molecule has 0 aliphatic carbocycles. The first kappa shape index (κ1) is 18.3. The molecule has 1 atom stereocenters. The molecular weight excluding hydrogens is 326 g/mol. The molecule has 26 heavy (non-hydrogen) atoms. The number of amides is 1. The monoisotopic (exact) mass is 353 g/mol. The van der Waals surface area contributed by atoms with E-state index in [1.54, 1.807) is 0 Å². The van der Waals surface area contributed by atoms with Crippen LogP contribution in [0, 0.1) is 0 Å². The molecular formula is C22H27NO3. The summed E-state index contributed by atoms with van der Waals surface area (Å²) in [4.78, 5) is 12.1. The average molecular weight is 353 g/mol. The van der Waals surface area contributed by atoms with Crippen molar-refractivity contribution in [2.45, 2.75) is 58.8 Å². The summed E-state index contributed by atoms with van der Waals surface area (Å²) in [7, 11) is 0. The molecule has 0 aromatic heterocycles. The van der Waals surface area contributed by atoms with Gasteiger partial charge in [0.25, 0.3) is 5.91 Å². The zero-order valence-electron chi connectivity index (χ0n) is 16.0. The zero-order chi connectivity index (χ0) is 18.7. The Morgan fingerprint density at radius 2 is 1.96 bits per heavy atom. The SMILES string of the molecule is CC[C@@H](C)NC(=O)c1ccc(COc2cccc3c2OC(C)(C)C3)cc1. The van der Waals surface area contributed by atoms with Gasteiger partial charge in [-0.15, -0.1) is 0 Å². The lowest BCUT2D eigenvalue weighted by Crippen LogP contribution is -2.31. The Morgan fingerprint density at radius 3 is 2.65 bits per heavy atom. The van der Waals surface area contributed by atoms with E-state index in [-0.39, 0.29) is 17.6 Å². The molecule has 0 spiro atoms. The number of carbonyl (C=O) groups excluding carboxylic acids is 1. The highest BCUT2D eigenvalue weighted by atomic mass is 16.5. The van der Waals surface area contributed by atoms with E-state index in [0.29, 0.717) is 12.2 Å². The molecule has 4 nitrogen and oxygen atoms in total. The van der Waals surface area contributed by atoms with Crippen molar-refractivity contribution in [3.63, 3.8) is 0 Å². The molecule has 1 amide bonds. The molecule has 0 saturated heterocycles. The summed E-state index contributed by atoms with van der Waals surface area (Å²) < 4.78 is 12.0. The first-order chi connectivity index (χ1) is 12.4. The third-order valence-electron chi connectivity index (χ3n) is 4.66. The fourth-order valence-corrected chi connectivity index (χ4v) is 3.02. The highest BCUT2D eigenvalue weighted by molar-refractivity contribution is 5.94. The van der Waals surface area contributed by atoms with E-state index < -0.39 is 0 Å². The van der Waals surface area contributed by atoms with Crippen LogP contribution in [0.15, 0.2) is 42.5 Å². The zero-order valence-corrected chi connectivity index (χ0v) is 16.0. The fraction of sp³-hybridized carbons (Fsp3) is 0.409. The van der Waals surface area contributed by atoms with E-state index in [9.17, 15) is 4.79 Å². The minimum absolute atomic E-state index is 0.0386. The molecule has 0 saturated carbocycles. The summed E-state index contributed by atoms with van der Waals surface area (Å²) in [6.07, 6.45) is 1.80. The van der Waals surface area contributed by atoms with E-state index in [4.69, 9.17) is 9.47 Å². The smallest absolute Gasteiger partial charge is 0.251 e. The number of nitrogens with one attached hydrogen (secondary N) is 1. The van der Waals surface area contributed by atoms with Gasteiger partial charge in [-0.3, -0.25) is 4.79 Å². The predicted octanol–water partition coefficient (Wildman–Crippen LogP) is 4.51. The molecule has 1 N–H and O–H groups in total. The van der Waals surface area contributed by atoms with Crippen LogP contribution in [0.5, 0.6) is 11.5 Å². The third-order valence-corrected chi connectivity index (χ3v) is 4.66. The normalized spacial score (nSPS) is 15.7. The standard InChI is InChI=1S/C22H27NO3/c1-5-15(2)23-21(24)17-11-9-16(10-12-17)14-25-19-8-6-7-18-13-22(3,4)26-20(18)19/h6-12,15H,5,13-14H2,1-4H3,(H,23,24)/t15-/m1/s1. The van der Waals surface area contributed by atoms with Crippen molar-refractivity contribution < 1.29 is 14.3 Å². The van der Waals surface area contributed by atoms with Gasteiger partial charge in [-0.25, -0.2) is 0 Å². The van der Waals surface area contributed by atoms with Crippen LogP contribution in [-0.2, 0) is 13.0 Å². The number of para-hydroxylation sites is 1. The van der Waals surface area contributed by atoms with Gasteiger partial charge in [-0.2, -0.15) is 0 Å². The molecule has 4 heteroatoms. The van der Waals surface area contributed by atoms with Crippen LogP contribution >= 0.6 is 0 Å². The fourth-order valence-electron chi connectivity index (χ4n) is 3.02. The van der Waals surface area contributed by atoms with Gasteiger partial charge in [0.2, 0.25) is 0 Å². The van der Waals surface area contributed by atoms with Crippen molar-refractivity contribution in [3.05, 3.63) is 59.2 Å². The molecule has 2 aromatic rings. The number of rotatable bonds is 6. The van der Waals surface area contributed by atoms with Crippen LogP contribution in [0.25, 0.3) is 0 Å². The molecule has 138 valence electrons. The van der Waals surface area contributed by atoms with Crippen molar-refractivity contribution in [2.75, 3.05) is 0 Å². The molecule has 0 bridgehead atoms. The average Bonchev–Trinajstić information content (AvgIpc) is 2.94. The van der Waals surface area contributed by atoms with Crippen molar-refractivity contribution >= 4 is 5.91 Å². The molecule has 2 aromatic carbocycles. The summed E-state index contributed by atoms with van der Waals surface area (Å²) in [6.45, 7) is 8.66. The maximum Gasteiger partial charge on any atom is 0.251 e.